The zero-order valence-corrected chi connectivity index (χ0v) is 22.6. The largest absolute Gasteiger partial charge is 0.396 e. The number of aliphatic hydroxyl groups excluding tert-OH is 1. The second-order valence-corrected chi connectivity index (χ2v) is 13.5. The molecule has 0 aromatic heterocycles. The topological polar surface area (TPSA) is 29.5 Å². The standard InChI is InChI=1S/C31H54O2/c1-22(2)9-8-10-23(3)27-13-14-28-26-12-11-24-21-25(33-20-7-6-19-32)15-17-30(24,4)29(26)16-18-31(27,28)5/h11,22-23,25-29,32H,6-10,12-21H2,1-5H3/t23?,25?,26?,27-,28?,29?,30+,31-/m1/s1. The fraction of sp³-hybridized carbons (Fsp3) is 0.935. The van der Waals surface area contributed by atoms with E-state index >= 15 is 0 Å². The van der Waals surface area contributed by atoms with Gasteiger partial charge in [0.05, 0.1) is 6.10 Å². The number of fused-ring (bicyclic) bond motifs is 5. The molecule has 0 aliphatic heterocycles. The van der Waals surface area contributed by atoms with Crippen molar-refractivity contribution in [2.24, 2.45) is 46.3 Å². The summed E-state index contributed by atoms with van der Waals surface area (Å²) in [7, 11) is 0. The van der Waals surface area contributed by atoms with Gasteiger partial charge in [-0.15, -0.1) is 0 Å². The number of unbranched alkanes of at least 4 members (excludes halogenated alkanes) is 1. The molecular weight excluding hydrogens is 404 g/mol. The van der Waals surface area contributed by atoms with Crippen LogP contribution in [-0.2, 0) is 4.74 Å². The number of hydrogen-bond donors (Lipinski definition) is 1. The molecule has 3 saturated carbocycles. The van der Waals surface area contributed by atoms with Crippen molar-refractivity contribution in [1.82, 2.24) is 0 Å². The third kappa shape index (κ3) is 5.13. The molecule has 3 fully saturated rings. The van der Waals surface area contributed by atoms with Crippen molar-refractivity contribution in [2.45, 2.75) is 124 Å². The van der Waals surface area contributed by atoms with Crippen LogP contribution in [0.25, 0.3) is 0 Å². The van der Waals surface area contributed by atoms with E-state index in [1.165, 1.54) is 64.2 Å². The Morgan fingerprint density at radius 1 is 0.970 bits per heavy atom. The second-order valence-electron chi connectivity index (χ2n) is 13.5. The van der Waals surface area contributed by atoms with Gasteiger partial charge in [0.15, 0.2) is 0 Å². The Labute approximate surface area is 205 Å². The molecule has 0 saturated heterocycles. The van der Waals surface area contributed by atoms with Gasteiger partial charge in [0.1, 0.15) is 0 Å². The molecule has 0 aromatic rings. The van der Waals surface area contributed by atoms with Crippen molar-refractivity contribution in [3.05, 3.63) is 11.6 Å². The Morgan fingerprint density at radius 2 is 1.79 bits per heavy atom. The first kappa shape index (κ1) is 25.7. The van der Waals surface area contributed by atoms with E-state index in [2.05, 4.69) is 40.7 Å². The first-order chi connectivity index (χ1) is 15.8. The first-order valence-corrected chi connectivity index (χ1v) is 14.7. The summed E-state index contributed by atoms with van der Waals surface area (Å²) in [5.74, 6) is 5.49. The Bertz CT molecular complexity index is 668. The second kappa shape index (κ2) is 10.7. The van der Waals surface area contributed by atoms with Crippen molar-refractivity contribution in [3.8, 4) is 0 Å². The van der Waals surface area contributed by atoms with Crippen LogP contribution in [0.5, 0.6) is 0 Å². The van der Waals surface area contributed by atoms with Crippen LogP contribution in [0.15, 0.2) is 11.6 Å². The van der Waals surface area contributed by atoms with Crippen molar-refractivity contribution in [1.29, 1.82) is 0 Å². The summed E-state index contributed by atoms with van der Waals surface area (Å²) < 4.78 is 6.24. The van der Waals surface area contributed by atoms with Crippen molar-refractivity contribution in [3.63, 3.8) is 0 Å². The molecule has 190 valence electrons. The predicted molar refractivity (Wildman–Crippen MR) is 139 cm³/mol. The number of aliphatic hydroxyl groups is 1. The molecule has 2 heteroatoms. The number of ether oxygens (including phenoxy) is 1. The minimum atomic E-state index is 0.290. The van der Waals surface area contributed by atoms with Gasteiger partial charge in [-0.3, -0.25) is 0 Å². The van der Waals surface area contributed by atoms with E-state index in [4.69, 9.17) is 9.84 Å². The number of rotatable bonds is 10. The quantitative estimate of drug-likeness (QED) is 0.264. The molecule has 0 spiro atoms. The first-order valence-electron chi connectivity index (χ1n) is 14.7. The van der Waals surface area contributed by atoms with E-state index in [0.717, 1.165) is 61.4 Å². The van der Waals surface area contributed by atoms with Crippen LogP contribution in [0.2, 0.25) is 0 Å². The molecule has 5 unspecified atom stereocenters. The van der Waals surface area contributed by atoms with Crippen LogP contribution in [0.1, 0.15) is 118 Å². The summed E-state index contributed by atoms with van der Waals surface area (Å²) in [5.41, 5.74) is 2.76. The molecule has 8 atom stereocenters. The van der Waals surface area contributed by atoms with E-state index in [-0.39, 0.29) is 6.61 Å². The van der Waals surface area contributed by atoms with Gasteiger partial charge in [0, 0.05) is 13.2 Å². The summed E-state index contributed by atoms with van der Waals surface area (Å²) >= 11 is 0. The summed E-state index contributed by atoms with van der Waals surface area (Å²) in [5, 5.41) is 9.02. The van der Waals surface area contributed by atoms with E-state index in [0.29, 0.717) is 16.9 Å². The van der Waals surface area contributed by atoms with E-state index in [1.807, 2.05) is 0 Å². The molecule has 0 bridgehead atoms. The van der Waals surface area contributed by atoms with Gasteiger partial charge in [-0.1, -0.05) is 65.5 Å². The summed E-state index contributed by atoms with van der Waals surface area (Å²) in [6.45, 7) is 13.8. The lowest BCUT2D eigenvalue weighted by molar-refractivity contribution is -0.0642. The van der Waals surface area contributed by atoms with Crippen LogP contribution >= 0.6 is 0 Å². The maximum atomic E-state index is 9.02. The number of hydrogen-bond acceptors (Lipinski definition) is 2. The summed E-state index contributed by atoms with van der Waals surface area (Å²) in [4.78, 5) is 0. The molecule has 0 amide bonds. The third-order valence-corrected chi connectivity index (χ3v) is 11.2. The highest BCUT2D eigenvalue weighted by atomic mass is 16.5. The van der Waals surface area contributed by atoms with Crippen LogP contribution in [0.4, 0.5) is 0 Å². The lowest BCUT2D eigenvalue weighted by Crippen LogP contribution is -2.51. The molecule has 0 aromatic carbocycles. The summed E-state index contributed by atoms with van der Waals surface area (Å²) in [6, 6.07) is 0. The monoisotopic (exact) mass is 458 g/mol. The molecule has 0 heterocycles. The van der Waals surface area contributed by atoms with Gasteiger partial charge in [0.2, 0.25) is 0 Å². The van der Waals surface area contributed by atoms with E-state index in [9.17, 15) is 0 Å². The molecule has 4 rings (SSSR count). The zero-order chi connectivity index (χ0) is 23.6. The lowest BCUT2D eigenvalue weighted by Gasteiger charge is -2.58. The molecular formula is C31H54O2. The highest BCUT2D eigenvalue weighted by Crippen LogP contribution is 2.67. The fourth-order valence-corrected chi connectivity index (χ4v) is 9.26. The van der Waals surface area contributed by atoms with Gasteiger partial charge in [-0.25, -0.2) is 0 Å². The van der Waals surface area contributed by atoms with Crippen LogP contribution in [0, 0.1) is 46.3 Å². The zero-order valence-electron chi connectivity index (χ0n) is 22.6. The molecule has 4 aliphatic rings. The Kier molecular flexibility index (Phi) is 8.37. The lowest BCUT2D eigenvalue weighted by atomic mass is 9.47. The Balaban J connectivity index is 1.40. The minimum absolute atomic E-state index is 0.290. The minimum Gasteiger partial charge on any atom is -0.396 e. The third-order valence-electron chi connectivity index (χ3n) is 11.2. The van der Waals surface area contributed by atoms with Gasteiger partial charge in [-0.05, 0) is 111 Å². The molecule has 0 radical (unpaired) electrons. The van der Waals surface area contributed by atoms with Crippen LogP contribution < -0.4 is 0 Å². The maximum absolute atomic E-state index is 9.02. The molecule has 4 aliphatic carbocycles. The highest BCUT2D eigenvalue weighted by molar-refractivity contribution is 5.25. The fourth-order valence-electron chi connectivity index (χ4n) is 9.26. The van der Waals surface area contributed by atoms with Gasteiger partial charge < -0.3 is 9.84 Å². The average Bonchev–Trinajstić information content (AvgIpc) is 3.14. The Morgan fingerprint density at radius 3 is 2.55 bits per heavy atom. The molecule has 2 nitrogen and oxygen atoms in total. The van der Waals surface area contributed by atoms with Gasteiger partial charge >= 0.3 is 0 Å². The summed E-state index contributed by atoms with van der Waals surface area (Å²) in [6.07, 6.45) is 20.2. The maximum Gasteiger partial charge on any atom is 0.0612 e. The highest BCUT2D eigenvalue weighted by Gasteiger charge is 2.59. The average molecular weight is 459 g/mol. The van der Waals surface area contributed by atoms with Crippen molar-refractivity contribution in [2.75, 3.05) is 13.2 Å². The number of allylic oxidation sites excluding steroid dienone is 1. The van der Waals surface area contributed by atoms with Crippen LogP contribution in [-0.4, -0.2) is 24.4 Å². The van der Waals surface area contributed by atoms with Crippen molar-refractivity contribution >= 4 is 0 Å². The van der Waals surface area contributed by atoms with Crippen molar-refractivity contribution < 1.29 is 9.84 Å². The molecule has 33 heavy (non-hydrogen) atoms. The SMILES string of the molecule is CC(C)CCCC(C)[C@H]1CCC2C3CC=C4CC(OCCCCO)CC[C@]4(C)C3CC[C@@]21C. The van der Waals surface area contributed by atoms with E-state index in [1.54, 1.807) is 5.57 Å². The van der Waals surface area contributed by atoms with E-state index < -0.39 is 0 Å². The van der Waals surface area contributed by atoms with Gasteiger partial charge in [0.25, 0.3) is 0 Å². The smallest absolute Gasteiger partial charge is 0.0612 e. The predicted octanol–water partition coefficient (Wildman–Crippen LogP) is 8.19. The van der Waals surface area contributed by atoms with Gasteiger partial charge in [-0.2, -0.15) is 0 Å². The normalized spacial score (nSPS) is 41.3. The van der Waals surface area contributed by atoms with Crippen LogP contribution in [0.3, 0.4) is 0 Å². The Hall–Kier alpha value is -0.340. The molecule has 1 N–H and O–H groups in total.